The molecule has 1 aromatic heterocycles. The van der Waals surface area contributed by atoms with Gasteiger partial charge in [-0.15, -0.1) is 17.8 Å². The van der Waals surface area contributed by atoms with Gasteiger partial charge in [-0.05, 0) is 5.92 Å². The van der Waals surface area contributed by atoms with Gasteiger partial charge >= 0.3 is 0 Å². The summed E-state index contributed by atoms with van der Waals surface area (Å²) in [6, 6.07) is 0. The van der Waals surface area contributed by atoms with Crippen molar-refractivity contribution in [2.24, 2.45) is 0 Å². The van der Waals surface area contributed by atoms with E-state index in [1.165, 1.54) is 11.3 Å². The van der Waals surface area contributed by atoms with Gasteiger partial charge in [-0.25, -0.2) is 0 Å². The number of methoxy groups -OCH3 is 1. The average molecular weight is 139 g/mol. The molecule has 0 aliphatic heterocycles. The number of hydrogen-bond acceptors (Lipinski definition) is 3. The van der Waals surface area contributed by atoms with Crippen molar-refractivity contribution in [1.82, 2.24) is 4.98 Å². The zero-order valence-corrected chi connectivity index (χ0v) is 5.73. The quantitative estimate of drug-likeness (QED) is 0.544. The van der Waals surface area contributed by atoms with Crippen molar-refractivity contribution < 1.29 is 4.74 Å². The fourth-order valence-electron chi connectivity index (χ4n) is 0.419. The summed E-state index contributed by atoms with van der Waals surface area (Å²) in [5.74, 6) is 3.00. The van der Waals surface area contributed by atoms with Crippen LogP contribution in [0.2, 0.25) is 0 Å². The predicted octanol–water partition coefficient (Wildman–Crippen LogP) is 1.13. The Bertz CT molecular complexity index is 235. The van der Waals surface area contributed by atoms with Crippen LogP contribution in [0.4, 0.5) is 0 Å². The molecule has 0 saturated heterocycles. The van der Waals surface area contributed by atoms with Crippen LogP contribution >= 0.6 is 11.3 Å². The maximum absolute atomic E-state index is 5.06. The zero-order chi connectivity index (χ0) is 6.69. The Morgan fingerprint density at radius 3 is 3.00 bits per heavy atom. The van der Waals surface area contributed by atoms with Crippen molar-refractivity contribution in [1.29, 1.82) is 0 Å². The number of aromatic nitrogens is 1. The monoisotopic (exact) mass is 139 g/mol. The SMILES string of the molecule is C#Cc1nc(OC)cs1. The number of thiazole rings is 1. The smallest absolute Gasteiger partial charge is 0.225 e. The van der Waals surface area contributed by atoms with Gasteiger partial charge in [0.15, 0.2) is 5.01 Å². The summed E-state index contributed by atoms with van der Waals surface area (Å²) >= 11 is 1.40. The predicted molar refractivity (Wildman–Crippen MR) is 36.6 cm³/mol. The first-order chi connectivity index (χ1) is 4.36. The van der Waals surface area contributed by atoms with Crippen molar-refractivity contribution >= 4 is 11.3 Å². The van der Waals surface area contributed by atoms with Crippen LogP contribution in [0.3, 0.4) is 0 Å². The minimum Gasteiger partial charge on any atom is -0.480 e. The van der Waals surface area contributed by atoms with Gasteiger partial charge in [-0.1, -0.05) is 0 Å². The van der Waals surface area contributed by atoms with E-state index in [2.05, 4.69) is 10.9 Å². The second-order valence-electron chi connectivity index (χ2n) is 1.34. The van der Waals surface area contributed by atoms with Crippen LogP contribution < -0.4 is 4.74 Å². The number of ether oxygens (including phenoxy) is 1. The Balaban J connectivity index is 2.90. The minimum atomic E-state index is 0.591. The molecule has 0 radical (unpaired) electrons. The van der Waals surface area contributed by atoms with Crippen LogP contribution in [0.25, 0.3) is 0 Å². The van der Waals surface area contributed by atoms with Crippen molar-refractivity contribution in [2.75, 3.05) is 7.11 Å². The Hall–Kier alpha value is -1.01. The molecule has 0 bridgehead atoms. The summed E-state index contributed by atoms with van der Waals surface area (Å²) in [7, 11) is 1.56. The van der Waals surface area contributed by atoms with Crippen molar-refractivity contribution in [3.63, 3.8) is 0 Å². The van der Waals surface area contributed by atoms with Crippen LogP contribution in [0, 0.1) is 12.3 Å². The van der Waals surface area contributed by atoms with E-state index in [-0.39, 0.29) is 0 Å². The fourth-order valence-corrected chi connectivity index (χ4v) is 0.991. The molecule has 1 rings (SSSR count). The first-order valence-corrected chi connectivity index (χ1v) is 3.21. The summed E-state index contributed by atoms with van der Waals surface area (Å²) in [4.78, 5) is 3.91. The molecule has 0 aromatic carbocycles. The molecule has 0 N–H and O–H groups in total. The molecule has 2 nitrogen and oxygen atoms in total. The molecule has 0 spiro atoms. The van der Waals surface area contributed by atoms with E-state index in [9.17, 15) is 0 Å². The first kappa shape index (κ1) is 6.12. The first-order valence-electron chi connectivity index (χ1n) is 2.33. The van der Waals surface area contributed by atoms with Crippen LogP contribution in [0.5, 0.6) is 5.88 Å². The maximum atomic E-state index is 5.06. The van der Waals surface area contributed by atoms with Gasteiger partial charge in [-0.3, -0.25) is 0 Å². The average Bonchev–Trinajstić information content (AvgIpc) is 2.34. The fraction of sp³-hybridized carbons (Fsp3) is 0.167. The van der Waals surface area contributed by atoms with Gasteiger partial charge in [0.1, 0.15) is 0 Å². The van der Waals surface area contributed by atoms with E-state index in [0.717, 1.165) is 0 Å². The molecular weight excluding hydrogens is 134 g/mol. The number of hydrogen-bond donors (Lipinski definition) is 0. The second-order valence-corrected chi connectivity index (χ2v) is 2.20. The van der Waals surface area contributed by atoms with Gasteiger partial charge in [0, 0.05) is 0 Å². The lowest BCUT2D eigenvalue weighted by molar-refractivity contribution is 0.400. The highest BCUT2D eigenvalue weighted by molar-refractivity contribution is 7.10. The third kappa shape index (κ3) is 1.21. The van der Waals surface area contributed by atoms with E-state index in [0.29, 0.717) is 10.9 Å². The van der Waals surface area contributed by atoms with E-state index < -0.39 is 0 Å². The van der Waals surface area contributed by atoms with Gasteiger partial charge in [-0.2, -0.15) is 4.98 Å². The summed E-state index contributed by atoms with van der Waals surface area (Å²) in [6.07, 6.45) is 5.06. The van der Waals surface area contributed by atoms with E-state index in [4.69, 9.17) is 11.2 Å². The zero-order valence-electron chi connectivity index (χ0n) is 4.92. The molecular formula is C6H5NOS. The molecule has 3 heteroatoms. The van der Waals surface area contributed by atoms with Crippen LogP contribution in [-0.4, -0.2) is 12.1 Å². The number of nitrogens with zero attached hydrogens (tertiary/aromatic N) is 1. The Labute approximate surface area is 57.5 Å². The van der Waals surface area contributed by atoms with Gasteiger partial charge in [0.2, 0.25) is 5.88 Å². The molecule has 0 saturated carbocycles. The van der Waals surface area contributed by atoms with E-state index in [1.807, 2.05) is 0 Å². The van der Waals surface area contributed by atoms with E-state index >= 15 is 0 Å². The highest BCUT2D eigenvalue weighted by Gasteiger charge is 1.95. The van der Waals surface area contributed by atoms with Crippen LogP contribution in [0.15, 0.2) is 5.38 Å². The normalized spacial score (nSPS) is 8.44. The third-order valence-corrected chi connectivity index (χ3v) is 1.57. The van der Waals surface area contributed by atoms with Crippen molar-refractivity contribution in [2.45, 2.75) is 0 Å². The third-order valence-electron chi connectivity index (χ3n) is 0.816. The van der Waals surface area contributed by atoms with Gasteiger partial charge in [0.05, 0.1) is 12.5 Å². The molecule has 1 aromatic rings. The Morgan fingerprint density at radius 1 is 1.89 bits per heavy atom. The molecule has 0 unspecified atom stereocenters. The minimum absolute atomic E-state index is 0.591. The highest BCUT2D eigenvalue weighted by atomic mass is 32.1. The molecule has 1 heterocycles. The lowest BCUT2D eigenvalue weighted by Gasteiger charge is -1.85. The maximum Gasteiger partial charge on any atom is 0.225 e. The standard InChI is InChI=1S/C6H5NOS/c1-3-6-7-5(8-2)4-9-6/h1,4H,2H3. The summed E-state index contributed by atoms with van der Waals surface area (Å²) in [5.41, 5.74) is 0. The molecule has 9 heavy (non-hydrogen) atoms. The molecule has 46 valence electrons. The Morgan fingerprint density at radius 2 is 2.67 bits per heavy atom. The van der Waals surface area contributed by atoms with Crippen LogP contribution in [-0.2, 0) is 0 Å². The van der Waals surface area contributed by atoms with Crippen LogP contribution in [0.1, 0.15) is 5.01 Å². The lowest BCUT2D eigenvalue weighted by atomic mass is 10.7. The summed E-state index contributed by atoms with van der Waals surface area (Å²) in [5, 5.41) is 2.43. The molecule has 0 aliphatic carbocycles. The highest BCUT2D eigenvalue weighted by Crippen LogP contribution is 2.13. The molecule has 0 fully saturated rings. The van der Waals surface area contributed by atoms with Crippen molar-refractivity contribution in [3.05, 3.63) is 10.4 Å². The Kier molecular flexibility index (Phi) is 1.71. The molecule has 0 amide bonds. The number of rotatable bonds is 1. The summed E-state index contributed by atoms with van der Waals surface area (Å²) in [6.45, 7) is 0. The lowest BCUT2D eigenvalue weighted by Crippen LogP contribution is -1.80. The van der Waals surface area contributed by atoms with E-state index in [1.54, 1.807) is 12.5 Å². The van der Waals surface area contributed by atoms with Gasteiger partial charge < -0.3 is 4.74 Å². The molecule has 0 aliphatic rings. The summed E-state index contributed by atoms with van der Waals surface area (Å²) < 4.78 is 4.80. The topological polar surface area (TPSA) is 22.1 Å². The largest absolute Gasteiger partial charge is 0.480 e. The van der Waals surface area contributed by atoms with Crippen molar-refractivity contribution in [3.8, 4) is 18.2 Å². The van der Waals surface area contributed by atoms with Gasteiger partial charge in [0.25, 0.3) is 0 Å². The second kappa shape index (κ2) is 2.51. The number of terminal acetylenes is 1. The molecule has 0 atom stereocenters.